The number of nitrogens with two attached hydrogens (primary N) is 1. The van der Waals surface area contributed by atoms with E-state index in [0.29, 0.717) is 12.4 Å². The van der Waals surface area contributed by atoms with Crippen molar-refractivity contribution in [1.82, 2.24) is 15.3 Å². The molecule has 0 fully saturated rings. The molecular formula is C11H11BrN4O. The van der Waals surface area contributed by atoms with E-state index in [-0.39, 0.29) is 0 Å². The number of carbonyl (C=O) groups excluding carboxylic acids is 1. The molecule has 88 valence electrons. The standard InChI is InChI=1S/C11H11BrN4O/c12-8-3-1-7(2-4-8)9-5-14-10(16-9)6-15-11(13)17/h1-5H,6H2,(H,14,16)(H3,13,15,17). The molecule has 4 N–H and O–H groups in total. The van der Waals surface area contributed by atoms with Crippen LogP contribution in [0, 0.1) is 0 Å². The number of H-pyrrole nitrogens is 1. The summed E-state index contributed by atoms with van der Waals surface area (Å²) in [6.45, 7) is 0.297. The van der Waals surface area contributed by atoms with Gasteiger partial charge in [-0.15, -0.1) is 0 Å². The number of benzene rings is 1. The number of carbonyl (C=O) groups is 1. The average Bonchev–Trinajstić information content (AvgIpc) is 2.76. The summed E-state index contributed by atoms with van der Waals surface area (Å²) in [5, 5.41) is 2.47. The summed E-state index contributed by atoms with van der Waals surface area (Å²) in [5.41, 5.74) is 6.91. The third kappa shape index (κ3) is 3.07. The molecular weight excluding hydrogens is 284 g/mol. The van der Waals surface area contributed by atoms with Crippen LogP contribution in [0.3, 0.4) is 0 Å². The van der Waals surface area contributed by atoms with Gasteiger partial charge in [0.1, 0.15) is 5.82 Å². The van der Waals surface area contributed by atoms with Gasteiger partial charge in [0.15, 0.2) is 0 Å². The second-order valence-electron chi connectivity index (χ2n) is 3.47. The zero-order valence-corrected chi connectivity index (χ0v) is 10.5. The number of nitrogens with one attached hydrogen (secondary N) is 2. The van der Waals surface area contributed by atoms with Crippen molar-refractivity contribution in [2.24, 2.45) is 5.73 Å². The van der Waals surface area contributed by atoms with Crippen molar-refractivity contribution in [3.8, 4) is 11.3 Å². The van der Waals surface area contributed by atoms with Gasteiger partial charge in [0.25, 0.3) is 0 Å². The predicted molar refractivity (Wildman–Crippen MR) is 68.1 cm³/mol. The lowest BCUT2D eigenvalue weighted by Gasteiger charge is -1.99. The van der Waals surface area contributed by atoms with Gasteiger partial charge in [0, 0.05) is 4.47 Å². The molecule has 0 aliphatic heterocycles. The molecule has 1 aromatic carbocycles. The summed E-state index contributed by atoms with van der Waals surface area (Å²) in [6, 6.07) is 7.30. The fourth-order valence-electron chi connectivity index (χ4n) is 1.40. The van der Waals surface area contributed by atoms with Crippen molar-refractivity contribution in [3.63, 3.8) is 0 Å². The summed E-state index contributed by atoms with van der Waals surface area (Å²) in [5.74, 6) is 0.668. The zero-order chi connectivity index (χ0) is 12.3. The first-order valence-electron chi connectivity index (χ1n) is 4.98. The summed E-state index contributed by atoms with van der Waals surface area (Å²) >= 11 is 3.38. The number of primary amides is 1. The number of imidazole rings is 1. The predicted octanol–water partition coefficient (Wildman–Crippen LogP) is 2.01. The van der Waals surface area contributed by atoms with Gasteiger partial charge in [-0.25, -0.2) is 9.78 Å². The molecule has 0 saturated heterocycles. The Labute approximate surface area is 107 Å². The Morgan fingerprint density at radius 1 is 1.41 bits per heavy atom. The largest absolute Gasteiger partial charge is 0.352 e. The minimum atomic E-state index is -0.563. The minimum absolute atomic E-state index is 0.297. The van der Waals surface area contributed by atoms with Gasteiger partial charge in [-0.05, 0) is 17.7 Å². The Morgan fingerprint density at radius 3 is 2.76 bits per heavy atom. The highest BCUT2D eigenvalue weighted by atomic mass is 79.9. The number of hydrogen-bond donors (Lipinski definition) is 3. The van der Waals surface area contributed by atoms with Crippen molar-refractivity contribution in [1.29, 1.82) is 0 Å². The molecule has 0 aliphatic rings. The van der Waals surface area contributed by atoms with Crippen molar-refractivity contribution < 1.29 is 4.79 Å². The van der Waals surface area contributed by atoms with Gasteiger partial charge in [-0.2, -0.15) is 0 Å². The maximum absolute atomic E-state index is 10.6. The van der Waals surface area contributed by atoms with Gasteiger partial charge in [0.2, 0.25) is 0 Å². The van der Waals surface area contributed by atoms with Crippen LogP contribution in [0.25, 0.3) is 11.3 Å². The number of amides is 2. The molecule has 2 amide bonds. The Bertz CT molecular complexity index is 521. The quantitative estimate of drug-likeness (QED) is 0.809. The van der Waals surface area contributed by atoms with Gasteiger partial charge < -0.3 is 16.0 Å². The van der Waals surface area contributed by atoms with Crippen LogP contribution in [-0.2, 0) is 6.54 Å². The molecule has 0 bridgehead atoms. The minimum Gasteiger partial charge on any atom is -0.352 e. The zero-order valence-electron chi connectivity index (χ0n) is 8.90. The van der Waals surface area contributed by atoms with E-state index in [1.54, 1.807) is 6.20 Å². The first-order valence-corrected chi connectivity index (χ1v) is 5.77. The summed E-state index contributed by atoms with van der Waals surface area (Å²) in [4.78, 5) is 17.8. The summed E-state index contributed by atoms with van der Waals surface area (Å²) < 4.78 is 1.02. The molecule has 0 unspecified atom stereocenters. The third-order valence-corrected chi connectivity index (χ3v) is 2.74. The summed E-state index contributed by atoms with van der Waals surface area (Å²) in [7, 11) is 0. The molecule has 0 saturated carbocycles. The van der Waals surface area contributed by atoms with E-state index in [1.165, 1.54) is 0 Å². The highest BCUT2D eigenvalue weighted by molar-refractivity contribution is 9.10. The first-order chi connectivity index (χ1) is 8.15. The second-order valence-corrected chi connectivity index (χ2v) is 4.38. The van der Waals surface area contributed by atoms with E-state index in [1.807, 2.05) is 24.3 Å². The van der Waals surface area contributed by atoms with E-state index >= 15 is 0 Å². The molecule has 0 atom stereocenters. The highest BCUT2D eigenvalue weighted by Gasteiger charge is 2.03. The van der Waals surface area contributed by atoms with Crippen LogP contribution in [0.1, 0.15) is 5.82 Å². The van der Waals surface area contributed by atoms with Gasteiger partial charge >= 0.3 is 6.03 Å². The molecule has 17 heavy (non-hydrogen) atoms. The number of hydrogen-bond acceptors (Lipinski definition) is 2. The van der Waals surface area contributed by atoms with Crippen LogP contribution in [0.15, 0.2) is 34.9 Å². The van der Waals surface area contributed by atoms with Crippen LogP contribution >= 0.6 is 15.9 Å². The highest BCUT2D eigenvalue weighted by Crippen LogP contribution is 2.19. The molecule has 0 spiro atoms. The number of aromatic amines is 1. The van der Waals surface area contributed by atoms with E-state index in [9.17, 15) is 4.79 Å². The van der Waals surface area contributed by atoms with Crippen LogP contribution in [0.5, 0.6) is 0 Å². The van der Waals surface area contributed by atoms with Crippen molar-refractivity contribution in [2.45, 2.75) is 6.54 Å². The van der Waals surface area contributed by atoms with Crippen molar-refractivity contribution in [2.75, 3.05) is 0 Å². The van der Waals surface area contributed by atoms with E-state index < -0.39 is 6.03 Å². The van der Waals surface area contributed by atoms with Crippen LogP contribution < -0.4 is 11.1 Å². The summed E-state index contributed by atoms with van der Waals surface area (Å²) in [6.07, 6.45) is 1.72. The number of nitrogens with zero attached hydrogens (tertiary/aromatic N) is 1. The maximum atomic E-state index is 10.6. The van der Waals surface area contributed by atoms with Crippen molar-refractivity contribution in [3.05, 3.63) is 40.8 Å². The lowest BCUT2D eigenvalue weighted by molar-refractivity contribution is 0.248. The fraction of sp³-hybridized carbons (Fsp3) is 0.0909. The van der Waals surface area contributed by atoms with Gasteiger partial charge in [-0.1, -0.05) is 28.1 Å². The van der Waals surface area contributed by atoms with E-state index in [2.05, 4.69) is 31.2 Å². The van der Waals surface area contributed by atoms with Gasteiger partial charge in [0.05, 0.1) is 18.4 Å². The molecule has 0 aliphatic carbocycles. The number of halogens is 1. The third-order valence-electron chi connectivity index (χ3n) is 2.21. The Hall–Kier alpha value is -1.82. The maximum Gasteiger partial charge on any atom is 0.312 e. The Morgan fingerprint density at radius 2 is 2.12 bits per heavy atom. The lowest BCUT2D eigenvalue weighted by atomic mass is 10.2. The molecule has 2 rings (SSSR count). The molecule has 6 heteroatoms. The fourth-order valence-corrected chi connectivity index (χ4v) is 1.66. The topological polar surface area (TPSA) is 83.8 Å². The average molecular weight is 295 g/mol. The number of aromatic nitrogens is 2. The Kier molecular flexibility index (Phi) is 3.43. The van der Waals surface area contributed by atoms with Crippen LogP contribution in [0.2, 0.25) is 0 Å². The number of urea groups is 1. The van der Waals surface area contributed by atoms with E-state index in [0.717, 1.165) is 15.7 Å². The van der Waals surface area contributed by atoms with Crippen LogP contribution in [-0.4, -0.2) is 16.0 Å². The van der Waals surface area contributed by atoms with Crippen LogP contribution in [0.4, 0.5) is 4.79 Å². The molecule has 5 nitrogen and oxygen atoms in total. The SMILES string of the molecule is NC(=O)NCc1ncc(-c2ccc(Br)cc2)[nH]1. The monoisotopic (exact) mass is 294 g/mol. The normalized spacial score (nSPS) is 10.2. The molecule has 1 heterocycles. The van der Waals surface area contributed by atoms with Gasteiger partial charge in [-0.3, -0.25) is 0 Å². The first kappa shape index (κ1) is 11.7. The number of rotatable bonds is 3. The molecule has 1 aromatic heterocycles. The smallest absolute Gasteiger partial charge is 0.312 e. The van der Waals surface area contributed by atoms with E-state index in [4.69, 9.17) is 5.73 Å². The van der Waals surface area contributed by atoms with Crippen molar-refractivity contribution >= 4 is 22.0 Å². The molecule has 2 aromatic rings. The molecule has 0 radical (unpaired) electrons. The second kappa shape index (κ2) is 5.01. The Balaban J connectivity index is 2.12. The lowest BCUT2D eigenvalue weighted by Crippen LogP contribution is -2.29.